The highest BCUT2D eigenvalue weighted by atomic mass is 16.3. The zero-order chi connectivity index (χ0) is 16.6. The number of benzene rings is 1. The van der Waals surface area contributed by atoms with E-state index in [-0.39, 0.29) is 0 Å². The van der Waals surface area contributed by atoms with Crippen molar-refractivity contribution in [2.24, 2.45) is 0 Å². The van der Waals surface area contributed by atoms with Crippen LogP contribution in [0.4, 0.5) is 0 Å². The topological polar surface area (TPSA) is 39.9 Å². The Morgan fingerprint density at radius 1 is 1.08 bits per heavy atom. The van der Waals surface area contributed by atoms with Gasteiger partial charge in [0.15, 0.2) is 0 Å². The lowest BCUT2D eigenvalue weighted by molar-refractivity contribution is 0.00597. The molecule has 1 atom stereocenters. The molecular formula is C20H28N2O2. The van der Waals surface area contributed by atoms with E-state index in [1.807, 2.05) is 12.1 Å². The predicted molar refractivity (Wildman–Crippen MR) is 96.1 cm³/mol. The molecule has 0 spiro atoms. The molecule has 4 nitrogen and oxygen atoms in total. The number of hydrogen-bond donors (Lipinski definition) is 1. The highest BCUT2D eigenvalue weighted by molar-refractivity contribution is 5.81. The van der Waals surface area contributed by atoms with Gasteiger partial charge in [0.05, 0.1) is 12.1 Å². The van der Waals surface area contributed by atoms with Crippen molar-refractivity contribution in [3.63, 3.8) is 0 Å². The van der Waals surface area contributed by atoms with Gasteiger partial charge in [-0.05, 0) is 50.9 Å². The summed E-state index contributed by atoms with van der Waals surface area (Å²) in [6.07, 6.45) is 4.76. The number of para-hydroxylation sites is 1. The number of aliphatic hydroxyl groups is 1. The first-order chi connectivity index (χ1) is 11.6. The molecule has 3 heterocycles. The number of piperidine rings is 1. The van der Waals surface area contributed by atoms with E-state index in [0.29, 0.717) is 0 Å². The molecule has 130 valence electrons. The number of furan rings is 1. The minimum atomic E-state index is -0.558. The Morgan fingerprint density at radius 2 is 1.88 bits per heavy atom. The second-order valence-corrected chi connectivity index (χ2v) is 7.67. The molecule has 2 aromatic rings. The minimum Gasteiger partial charge on any atom is -0.459 e. The Kier molecular flexibility index (Phi) is 4.37. The van der Waals surface area contributed by atoms with Crippen LogP contribution in [0.2, 0.25) is 0 Å². The average Bonchev–Trinajstić information content (AvgIpc) is 3.10. The summed E-state index contributed by atoms with van der Waals surface area (Å²) < 4.78 is 6.05. The van der Waals surface area contributed by atoms with Gasteiger partial charge in [0.2, 0.25) is 0 Å². The molecule has 1 unspecified atom stereocenters. The molecule has 24 heavy (non-hydrogen) atoms. The molecule has 0 bridgehead atoms. The Balaban J connectivity index is 1.41. The van der Waals surface area contributed by atoms with Crippen molar-refractivity contribution in [2.45, 2.75) is 44.8 Å². The maximum Gasteiger partial charge on any atom is 0.134 e. The number of β-amino-alcohol motifs (C(OH)–C–C–N with tert-alkyl or cyclic N) is 1. The van der Waals surface area contributed by atoms with Gasteiger partial charge in [0, 0.05) is 25.0 Å². The number of rotatable bonds is 4. The zero-order valence-electron chi connectivity index (χ0n) is 14.6. The van der Waals surface area contributed by atoms with Crippen LogP contribution in [0.5, 0.6) is 0 Å². The van der Waals surface area contributed by atoms with Crippen LogP contribution in [0.3, 0.4) is 0 Å². The van der Waals surface area contributed by atoms with E-state index in [9.17, 15) is 5.11 Å². The van der Waals surface area contributed by atoms with Gasteiger partial charge in [-0.3, -0.25) is 4.90 Å². The molecule has 1 N–H and O–H groups in total. The van der Waals surface area contributed by atoms with Crippen molar-refractivity contribution < 1.29 is 9.52 Å². The minimum absolute atomic E-state index is 0.558. The number of hydrogen-bond acceptors (Lipinski definition) is 4. The fourth-order valence-corrected chi connectivity index (χ4v) is 4.32. The van der Waals surface area contributed by atoms with Gasteiger partial charge < -0.3 is 14.4 Å². The molecular weight excluding hydrogens is 300 g/mol. The van der Waals surface area contributed by atoms with E-state index in [1.165, 1.54) is 30.2 Å². The number of likely N-dealkylation sites (tertiary alicyclic amines) is 2. The third-order valence-electron chi connectivity index (χ3n) is 5.69. The van der Waals surface area contributed by atoms with Crippen molar-refractivity contribution in [1.29, 1.82) is 0 Å². The van der Waals surface area contributed by atoms with Crippen LogP contribution in [-0.2, 0) is 6.54 Å². The molecule has 2 fully saturated rings. The summed E-state index contributed by atoms with van der Waals surface area (Å²) >= 11 is 0. The fourth-order valence-electron chi connectivity index (χ4n) is 4.32. The predicted octanol–water partition coefficient (Wildman–Crippen LogP) is 3.16. The van der Waals surface area contributed by atoms with Crippen molar-refractivity contribution in [3.05, 3.63) is 35.6 Å². The molecule has 2 saturated heterocycles. The zero-order valence-corrected chi connectivity index (χ0v) is 14.6. The average molecular weight is 328 g/mol. The van der Waals surface area contributed by atoms with Gasteiger partial charge in [-0.2, -0.15) is 0 Å². The summed E-state index contributed by atoms with van der Waals surface area (Å²) in [6, 6.07) is 8.22. The van der Waals surface area contributed by atoms with Gasteiger partial charge in [-0.25, -0.2) is 0 Å². The lowest BCUT2D eigenvalue weighted by Crippen LogP contribution is -2.46. The Hall–Kier alpha value is -1.36. The molecule has 1 aromatic heterocycles. The monoisotopic (exact) mass is 328 g/mol. The summed E-state index contributed by atoms with van der Waals surface area (Å²) in [5, 5.41) is 12.2. The van der Waals surface area contributed by atoms with Crippen molar-refractivity contribution >= 4 is 11.0 Å². The highest BCUT2D eigenvalue weighted by Crippen LogP contribution is 2.29. The van der Waals surface area contributed by atoms with Gasteiger partial charge in [-0.15, -0.1) is 0 Å². The van der Waals surface area contributed by atoms with Crippen LogP contribution in [0, 0.1) is 6.92 Å². The van der Waals surface area contributed by atoms with E-state index in [4.69, 9.17) is 4.42 Å². The molecule has 0 aliphatic carbocycles. The highest BCUT2D eigenvalue weighted by Gasteiger charge is 2.38. The molecule has 4 rings (SSSR count). The van der Waals surface area contributed by atoms with E-state index in [1.54, 1.807) is 0 Å². The molecule has 0 radical (unpaired) electrons. The second-order valence-electron chi connectivity index (χ2n) is 7.67. The maximum absolute atomic E-state index is 11.0. The molecule has 1 aromatic carbocycles. The summed E-state index contributed by atoms with van der Waals surface area (Å²) in [4.78, 5) is 4.79. The summed E-state index contributed by atoms with van der Waals surface area (Å²) in [6.45, 7) is 7.74. The van der Waals surface area contributed by atoms with Crippen molar-refractivity contribution in [2.75, 3.05) is 32.7 Å². The molecule has 2 aliphatic heterocycles. The Labute approximate surface area is 144 Å². The SMILES string of the molecule is Cc1c(CN2CCC(O)(CN3CCCCC3)C2)oc2ccccc12. The second kappa shape index (κ2) is 6.51. The summed E-state index contributed by atoms with van der Waals surface area (Å²) in [7, 11) is 0. The van der Waals surface area contributed by atoms with Crippen LogP contribution in [0.15, 0.2) is 28.7 Å². The number of nitrogens with zero attached hydrogens (tertiary/aromatic N) is 2. The molecule has 4 heteroatoms. The van der Waals surface area contributed by atoms with Crippen LogP contribution < -0.4 is 0 Å². The first kappa shape index (κ1) is 16.1. The van der Waals surface area contributed by atoms with E-state index in [0.717, 1.165) is 57.0 Å². The maximum atomic E-state index is 11.0. The first-order valence-electron chi connectivity index (χ1n) is 9.27. The molecule has 0 saturated carbocycles. The van der Waals surface area contributed by atoms with Crippen molar-refractivity contribution in [1.82, 2.24) is 9.80 Å². The summed E-state index contributed by atoms with van der Waals surface area (Å²) in [5.74, 6) is 1.04. The number of aryl methyl sites for hydroxylation is 1. The van der Waals surface area contributed by atoms with Crippen LogP contribution in [0.1, 0.15) is 37.0 Å². The summed E-state index contributed by atoms with van der Waals surface area (Å²) in [5.41, 5.74) is 1.64. The first-order valence-corrected chi connectivity index (χ1v) is 9.27. The normalized spacial score (nSPS) is 26.4. The van der Waals surface area contributed by atoms with Gasteiger partial charge in [-0.1, -0.05) is 24.6 Å². The van der Waals surface area contributed by atoms with Gasteiger partial charge in [0.1, 0.15) is 11.3 Å². The number of fused-ring (bicyclic) bond motifs is 1. The lowest BCUT2D eigenvalue weighted by atomic mass is 10.0. The largest absolute Gasteiger partial charge is 0.459 e. The van der Waals surface area contributed by atoms with E-state index >= 15 is 0 Å². The van der Waals surface area contributed by atoms with E-state index in [2.05, 4.69) is 28.9 Å². The third kappa shape index (κ3) is 3.23. The lowest BCUT2D eigenvalue weighted by Gasteiger charge is -2.33. The fraction of sp³-hybridized carbons (Fsp3) is 0.600. The Morgan fingerprint density at radius 3 is 2.67 bits per heavy atom. The quantitative estimate of drug-likeness (QED) is 0.936. The van der Waals surface area contributed by atoms with Crippen molar-refractivity contribution in [3.8, 4) is 0 Å². The van der Waals surface area contributed by atoms with Gasteiger partial charge >= 0.3 is 0 Å². The van der Waals surface area contributed by atoms with Crippen LogP contribution >= 0.6 is 0 Å². The Bertz CT molecular complexity index is 705. The molecule has 0 amide bonds. The smallest absolute Gasteiger partial charge is 0.134 e. The van der Waals surface area contributed by atoms with E-state index < -0.39 is 5.60 Å². The standard InChI is InChI=1S/C20H28N2O2/c1-16-17-7-3-4-8-18(17)24-19(16)13-22-12-9-20(23,15-22)14-21-10-5-2-6-11-21/h3-4,7-8,23H,2,5-6,9-15H2,1H3. The van der Waals surface area contributed by atoms with Crippen LogP contribution in [-0.4, -0.2) is 53.2 Å². The third-order valence-corrected chi connectivity index (χ3v) is 5.69. The van der Waals surface area contributed by atoms with Gasteiger partial charge in [0.25, 0.3) is 0 Å². The van der Waals surface area contributed by atoms with Crippen LogP contribution in [0.25, 0.3) is 11.0 Å². The molecule has 2 aliphatic rings.